The van der Waals surface area contributed by atoms with E-state index in [0.29, 0.717) is 12.2 Å². The standard InChI is InChI=1S/C12H16BrNO/c1-9-7-14(8-10(2)15-9)12-5-3-11(13)4-6-12/h3-6,9-10H,7-8H2,1-2H3/t9-,10+. The lowest BCUT2D eigenvalue weighted by Crippen LogP contribution is -2.45. The van der Waals surface area contributed by atoms with Crippen molar-refractivity contribution >= 4 is 21.6 Å². The summed E-state index contributed by atoms with van der Waals surface area (Å²) in [5, 5.41) is 0. The van der Waals surface area contributed by atoms with E-state index in [1.54, 1.807) is 0 Å². The van der Waals surface area contributed by atoms with Crippen molar-refractivity contribution in [2.45, 2.75) is 26.1 Å². The molecule has 0 N–H and O–H groups in total. The van der Waals surface area contributed by atoms with Crippen LogP contribution in [0.15, 0.2) is 28.7 Å². The Labute approximate surface area is 99.4 Å². The zero-order chi connectivity index (χ0) is 10.8. The maximum absolute atomic E-state index is 5.71. The molecule has 0 radical (unpaired) electrons. The van der Waals surface area contributed by atoms with E-state index in [2.05, 4.69) is 58.9 Å². The molecule has 1 aromatic carbocycles. The summed E-state index contributed by atoms with van der Waals surface area (Å²) in [6.07, 6.45) is 0.634. The summed E-state index contributed by atoms with van der Waals surface area (Å²) < 4.78 is 6.84. The maximum Gasteiger partial charge on any atom is 0.0726 e. The normalized spacial score (nSPS) is 26.7. The van der Waals surface area contributed by atoms with Crippen LogP contribution in [-0.4, -0.2) is 25.3 Å². The summed E-state index contributed by atoms with van der Waals surface area (Å²) in [6.45, 7) is 6.21. The minimum Gasteiger partial charge on any atom is -0.372 e. The Balaban J connectivity index is 2.12. The average molecular weight is 270 g/mol. The zero-order valence-electron chi connectivity index (χ0n) is 9.11. The van der Waals surface area contributed by atoms with E-state index >= 15 is 0 Å². The molecule has 0 spiro atoms. The van der Waals surface area contributed by atoms with Crippen LogP contribution in [0, 0.1) is 0 Å². The number of rotatable bonds is 1. The maximum atomic E-state index is 5.71. The highest BCUT2D eigenvalue weighted by Gasteiger charge is 2.21. The molecule has 1 aliphatic rings. The smallest absolute Gasteiger partial charge is 0.0726 e. The van der Waals surface area contributed by atoms with Crippen molar-refractivity contribution in [1.29, 1.82) is 0 Å². The average Bonchev–Trinajstić information content (AvgIpc) is 2.17. The molecule has 0 unspecified atom stereocenters. The van der Waals surface area contributed by atoms with E-state index in [1.807, 2.05) is 0 Å². The van der Waals surface area contributed by atoms with E-state index in [-0.39, 0.29) is 0 Å². The molecule has 1 aliphatic heterocycles. The Hall–Kier alpha value is -0.540. The van der Waals surface area contributed by atoms with Gasteiger partial charge in [-0.15, -0.1) is 0 Å². The number of halogens is 1. The number of morpholine rings is 1. The predicted molar refractivity (Wildman–Crippen MR) is 66.4 cm³/mol. The van der Waals surface area contributed by atoms with Crippen LogP contribution in [0.2, 0.25) is 0 Å². The Bertz CT molecular complexity index is 315. The Morgan fingerprint density at radius 1 is 1.13 bits per heavy atom. The Kier molecular flexibility index (Phi) is 3.32. The van der Waals surface area contributed by atoms with Crippen molar-refractivity contribution in [1.82, 2.24) is 0 Å². The van der Waals surface area contributed by atoms with Crippen molar-refractivity contribution in [2.24, 2.45) is 0 Å². The second-order valence-electron chi connectivity index (χ2n) is 4.14. The summed E-state index contributed by atoms with van der Waals surface area (Å²) >= 11 is 3.45. The van der Waals surface area contributed by atoms with Gasteiger partial charge in [-0.05, 0) is 38.1 Å². The van der Waals surface area contributed by atoms with Crippen LogP contribution in [0.3, 0.4) is 0 Å². The van der Waals surface area contributed by atoms with E-state index in [9.17, 15) is 0 Å². The molecule has 0 bridgehead atoms. The quantitative estimate of drug-likeness (QED) is 0.777. The molecule has 82 valence electrons. The van der Waals surface area contributed by atoms with Crippen LogP contribution in [0.5, 0.6) is 0 Å². The third-order valence-corrected chi connectivity index (χ3v) is 3.14. The Morgan fingerprint density at radius 2 is 1.67 bits per heavy atom. The lowest BCUT2D eigenvalue weighted by Gasteiger charge is -2.36. The number of hydrogen-bond donors (Lipinski definition) is 0. The molecule has 2 atom stereocenters. The van der Waals surface area contributed by atoms with Crippen LogP contribution < -0.4 is 4.90 Å². The highest BCUT2D eigenvalue weighted by Crippen LogP contribution is 2.22. The summed E-state index contributed by atoms with van der Waals surface area (Å²) in [4.78, 5) is 2.38. The fourth-order valence-corrected chi connectivity index (χ4v) is 2.30. The van der Waals surface area contributed by atoms with Gasteiger partial charge in [-0.2, -0.15) is 0 Å². The van der Waals surface area contributed by atoms with E-state index in [4.69, 9.17) is 4.74 Å². The van der Waals surface area contributed by atoms with Crippen molar-refractivity contribution in [2.75, 3.05) is 18.0 Å². The first-order valence-corrected chi connectivity index (χ1v) is 6.10. The number of benzene rings is 1. The molecule has 1 saturated heterocycles. The summed E-state index contributed by atoms with van der Waals surface area (Å²) in [5.41, 5.74) is 1.28. The third kappa shape index (κ3) is 2.73. The van der Waals surface area contributed by atoms with Gasteiger partial charge in [0.2, 0.25) is 0 Å². The Morgan fingerprint density at radius 3 is 2.20 bits per heavy atom. The first kappa shape index (κ1) is 11.0. The molecule has 1 aromatic rings. The van der Waals surface area contributed by atoms with E-state index in [0.717, 1.165) is 17.6 Å². The highest BCUT2D eigenvalue weighted by molar-refractivity contribution is 9.10. The second-order valence-corrected chi connectivity index (χ2v) is 5.05. The van der Waals surface area contributed by atoms with Gasteiger partial charge in [0.25, 0.3) is 0 Å². The van der Waals surface area contributed by atoms with Gasteiger partial charge in [-0.1, -0.05) is 15.9 Å². The van der Waals surface area contributed by atoms with Gasteiger partial charge in [0.15, 0.2) is 0 Å². The third-order valence-electron chi connectivity index (χ3n) is 2.61. The summed E-state index contributed by atoms with van der Waals surface area (Å²) in [7, 11) is 0. The molecule has 15 heavy (non-hydrogen) atoms. The van der Waals surface area contributed by atoms with Gasteiger partial charge < -0.3 is 9.64 Å². The number of nitrogens with zero attached hydrogens (tertiary/aromatic N) is 1. The van der Waals surface area contributed by atoms with Gasteiger partial charge in [-0.3, -0.25) is 0 Å². The molecule has 1 heterocycles. The van der Waals surface area contributed by atoms with Gasteiger partial charge in [0.05, 0.1) is 12.2 Å². The molecule has 0 aromatic heterocycles. The lowest BCUT2D eigenvalue weighted by atomic mass is 10.2. The van der Waals surface area contributed by atoms with Crippen molar-refractivity contribution < 1.29 is 4.74 Å². The monoisotopic (exact) mass is 269 g/mol. The molecular formula is C12H16BrNO. The summed E-state index contributed by atoms with van der Waals surface area (Å²) in [5.74, 6) is 0. The van der Waals surface area contributed by atoms with Gasteiger partial charge >= 0.3 is 0 Å². The molecule has 2 rings (SSSR count). The zero-order valence-corrected chi connectivity index (χ0v) is 10.7. The topological polar surface area (TPSA) is 12.5 Å². The number of hydrogen-bond acceptors (Lipinski definition) is 2. The predicted octanol–water partition coefficient (Wildman–Crippen LogP) is 3.06. The second kappa shape index (κ2) is 4.54. The van der Waals surface area contributed by atoms with Crippen molar-refractivity contribution in [3.63, 3.8) is 0 Å². The molecule has 0 aliphatic carbocycles. The molecule has 0 amide bonds. The molecule has 0 saturated carbocycles. The van der Waals surface area contributed by atoms with E-state index < -0.39 is 0 Å². The molecule has 1 fully saturated rings. The molecule has 2 nitrogen and oxygen atoms in total. The van der Waals surface area contributed by atoms with Crippen LogP contribution in [-0.2, 0) is 4.74 Å². The van der Waals surface area contributed by atoms with Crippen LogP contribution in [0.1, 0.15) is 13.8 Å². The summed E-state index contributed by atoms with van der Waals surface area (Å²) in [6, 6.07) is 8.46. The lowest BCUT2D eigenvalue weighted by molar-refractivity contribution is -0.00521. The van der Waals surface area contributed by atoms with Gasteiger partial charge in [0.1, 0.15) is 0 Å². The minimum absolute atomic E-state index is 0.317. The molecular weight excluding hydrogens is 254 g/mol. The minimum atomic E-state index is 0.317. The first-order valence-electron chi connectivity index (χ1n) is 5.31. The van der Waals surface area contributed by atoms with Crippen molar-refractivity contribution in [3.05, 3.63) is 28.7 Å². The van der Waals surface area contributed by atoms with Crippen LogP contribution in [0.25, 0.3) is 0 Å². The number of anilines is 1. The highest BCUT2D eigenvalue weighted by atomic mass is 79.9. The largest absolute Gasteiger partial charge is 0.372 e. The van der Waals surface area contributed by atoms with Crippen LogP contribution in [0.4, 0.5) is 5.69 Å². The number of ether oxygens (including phenoxy) is 1. The fourth-order valence-electron chi connectivity index (χ4n) is 2.04. The first-order chi connectivity index (χ1) is 7.15. The van der Waals surface area contributed by atoms with Gasteiger partial charge in [0, 0.05) is 23.2 Å². The fraction of sp³-hybridized carbons (Fsp3) is 0.500. The SMILES string of the molecule is C[C@@H]1CN(c2ccc(Br)cc2)C[C@H](C)O1. The van der Waals surface area contributed by atoms with Gasteiger partial charge in [-0.25, -0.2) is 0 Å². The van der Waals surface area contributed by atoms with Crippen molar-refractivity contribution in [3.8, 4) is 0 Å². The van der Waals surface area contributed by atoms with Crippen LogP contribution >= 0.6 is 15.9 Å². The van der Waals surface area contributed by atoms with E-state index in [1.165, 1.54) is 5.69 Å². The molecule has 3 heteroatoms.